The largest absolute Gasteiger partial charge is 0.468 e. The average molecular weight is 368 g/mol. The summed E-state index contributed by atoms with van der Waals surface area (Å²) in [5.41, 5.74) is 4.32. The number of anilines is 1. The first-order valence-electron chi connectivity index (χ1n) is 9.66. The van der Waals surface area contributed by atoms with Crippen LogP contribution < -0.4 is 10.2 Å². The number of hydrogen-bond donors (Lipinski definition) is 1. The van der Waals surface area contributed by atoms with Gasteiger partial charge in [0.1, 0.15) is 5.92 Å². The van der Waals surface area contributed by atoms with Crippen molar-refractivity contribution in [1.29, 1.82) is 0 Å². The summed E-state index contributed by atoms with van der Waals surface area (Å²) >= 11 is 0. The summed E-state index contributed by atoms with van der Waals surface area (Å²) in [7, 11) is 1.38. The third-order valence-corrected chi connectivity index (χ3v) is 5.62. The number of nitrogens with one attached hydrogen (secondary N) is 1. The van der Waals surface area contributed by atoms with Crippen molar-refractivity contribution in [3.63, 3.8) is 0 Å². The number of methoxy groups -OCH3 is 1. The molecule has 1 N–H and O–H groups in total. The van der Waals surface area contributed by atoms with Crippen LogP contribution in [0, 0.1) is 5.92 Å². The van der Waals surface area contributed by atoms with Crippen LogP contribution in [0.15, 0.2) is 47.8 Å². The Labute approximate surface area is 161 Å². The molecule has 0 bridgehead atoms. The molecule has 144 valence electrons. The molecule has 2 aliphatic rings. The molecular formula is C22H28N2O3. The van der Waals surface area contributed by atoms with Gasteiger partial charge in [0.15, 0.2) is 5.78 Å². The van der Waals surface area contributed by atoms with E-state index < -0.39 is 5.92 Å². The molecule has 0 radical (unpaired) electrons. The molecule has 0 saturated carbocycles. The highest BCUT2D eigenvalue weighted by molar-refractivity contribution is 6.00. The summed E-state index contributed by atoms with van der Waals surface area (Å²) in [4.78, 5) is 27.6. The zero-order valence-electron chi connectivity index (χ0n) is 16.4. The van der Waals surface area contributed by atoms with E-state index in [1.54, 1.807) is 0 Å². The fraction of sp³-hybridized carbons (Fsp3) is 0.455. The highest BCUT2D eigenvalue weighted by atomic mass is 16.5. The standard InChI is InChI=1S/C22H28N2O3/c1-5-24(6-2)16-12-10-15(11-13-16)20-19(22(26)27-4)14(3)23-17-8-7-9-18(25)21(17)20/h10-13,19-20,23H,3,5-9H2,1-2,4H3. The fourth-order valence-electron chi connectivity index (χ4n) is 4.24. The number of ketones is 1. The van der Waals surface area contributed by atoms with Crippen LogP contribution in [0.25, 0.3) is 0 Å². The van der Waals surface area contributed by atoms with Crippen LogP contribution in [0.4, 0.5) is 5.69 Å². The van der Waals surface area contributed by atoms with E-state index in [0.29, 0.717) is 12.1 Å². The Balaban J connectivity index is 2.07. The second-order valence-electron chi connectivity index (χ2n) is 7.06. The van der Waals surface area contributed by atoms with Gasteiger partial charge in [-0.3, -0.25) is 9.59 Å². The number of allylic oxidation sites excluding steroid dienone is 2. The predicted molar refractivity (Wildman–Crippen MR) is 106 cm³/mol. The zero-order chi connectivity index (χ0) is 19.6. The van der Waals surface area contributed by atoms with Gasteiger partial charge >= 0.3 is 5.97 Å². The normalized spacial score (nSPS) is 22.2. The third-order valence-electron chi connectivity index (χ3n) is 5.62. The van der Waals surface area contributed by atoms with Gasteiger partial charge in [0.2, 0.25) is 0 Å². The van der Waals surface area contributed by atoms with E-state index in [-0.39, 0.29) is 17.7 Å². The van der Waals surface area contributed by atoms with Gasteiger partial charge in [-0.2, -0.15) is 0 Å². The van der Waals surface area contributed by atoms with E-state index in [1.165, 1.54) is 7.11 Å². The molecule has 1 aromatic rings. The number of rotatable bonds is 5. The Morgan fingerprint density at radius 1 is 1.22 bits per heavy atom. The minimum Gasteiger partial charge on any atom is -0.468 e. The Kier molecular flexibility index (Phi) is 5.68. The van der Waals surface area contributed by atoms with Gasteiger partial charge in [-0.05, 0) is 44.4 Å². The molecule has 3 rings (SSSR count). The van der Waals surface area contributed by atoms with Gasteiger partial charge in [-0.1, -0.05) is 18.7 Å². The lowest BCUT2D eigenvalue weighted by Crippen LogP contribution is -2.40. The Hall–Kier alpha value is -2.56. The van der Waals surface area contributed by atoms with Crippen molar-refractivity contribution in [2.75, 3.05) is 25.1 Å². The monoisotopic (exact) mass is 368 g/mol. The van der Waals surface area contributed by atoms with Crippen molar-refractivity contribution >= 4 is 17.4 Å². The summed E-state index contributed by atoms with van der Waals surface area (Å²) in [6.07, 6.45) is 2.16. The molecule has 0 spiro atoms. The van der Waals surface area contributed by atoms with E-state index in [9.17, 15) is 9.59 Å². The van der Waals surface area contributed by atoms with Crippen LogP contribution in [-0.4, -0.2) is 32.0 Å². The minimum absolute atomic E-state index is 0.114. The second-order valence-corrected chi connectivity index (χ2v) is 7.06. The van der Waals surface area contributed by atoms with E-state index >= 15 is 0 Å². The first-order chi connectivity index (χ1) is 13.0. The summed E-state index contributed by atoms with van der Waals surface area (Å²) < 4.78 is 5.04. The number of esters is 1. The van der Waals surface area contributed by atoms with Crippen LogP contribution >= 0.6 is 0 Å². The van der Waals surface area contributed by atoms with Crippen LogP contribution in [0.1, 0.15) is 44.6 Å². The van der Waals surface area contributed by atoms with Gasteiger partial charge in [0, 0.05) is 48.1 Å². The first kappa shape index (κ1) is 19.2. The quantitative estimate of drug-likeness (QED) is 0.806. The molecule has 1 aliphatic heterocycles. The van der Waals surface area contributed by atoms with Crippen molar-refractivity contribution in [1.82, 2.24) is 5.32 Å². The first-order valence-corrected chi connectivity index (χ1v) is 9.66. The molecule has 2 unspecified atom stereocenters. The molecule has 5 nitrogen and oxygen atoms in total. The Morgan fingerprint density at radius 2 is 1.89 bits per heavy atom. The number of carbonyl (C=O) groups excluding carboxylic acids is 2. The summed E-state index contributed by atoms with van der Waals surface area (Å²) in [5, 5.41) is 3.22. The molecule has 0 amide bonds. The van der Waals surface area contributed by atoms with Crippen LogP contribution in [0.5, 0.6) is 0 Å². The van der Waals surface area contributed by atoms with Gasteiger partial charge in [0.05, 0.1) is 7.11 Å². The fourth-order valence-corrected chi connectivity index (χ4v) is 4.24. The molecule has 1 aromatic carbocycles. The van der Waals surface area contributed by atoms with Crippen LogP contribution in [-0.2, 0) is 14.3 Å². The summed E-state index contributed by atoms with van der Waals surface area (Å²) in [6.45, 7) is 10.2. The summed E-state index contributed by atoms with van der Waals surface area (Å²) in [5.74, 6) is -1.20. The van der Waals surface area contributed by atoms with Crippen molar-refractivity contribution < 1.29 is 14.3 Å². The van der Waals surface area contributed by atoms with E-state index in [4.69, 9.17) is 4.74 Å². The maximum atomic E-state index is 12.8. The maximum absolute atomic E-state index is 12.8. The molecule has 2 atom stereocenters. The molecular weight excluding hydrogens is 340 g/mol. The minimum atomic E-state index is -0.602. The highest BCUT2D eigenvalue weighted by Gasteiger charge is 2.43. The van der Waals surface area contributed by atoms with Crippen molar-refractivity contribution in [2.24, 2.45) is 5.92 Å². The SMILES string of the molecule is C=C1NC2=C(C(=O)CCC2)C(c2ccc(N(CC)CC)cc2)C1C(=O)OC. The number of carbonyl (C=O) groups is 2. The van der Waals surface area contributed by atoms with Gasteiger partial charge in [0.25, 0.3) is 0 Å². The van der Waals surface area contributed by atoms with Crippen molar-refractivity contribution in [3.05, 3.63) is 53.4 Å². The van der Waals surface area contributed by atoms with Crippen LogP contribution in [0.3, 0.4) is 0 Å². The number of nitrogens with zero attached hydrogens (tertiary/aromatic N) is 1. The van der Waals surface area contributed by atoms with Gasteiger partial charge in [-0.15, -0.1) is 0 Å². The van der Waals surface area contributed by atoms with E-state index in [0.717, 1.165) is 48.5 Å². The van der Waals surface area contributed by atoms with Gasteiger partial charge < -0.3 is 15.0 Å². The molecule has 5 heteroatoms. The zero-order valence-corrected chi connectivity index (χ0v) is 16.4. The number of Topliss-reactive ketones (excluding diaryl/α,β-unsaturated/α-hetero) is 1. The summed E-state index contributed by atoms with van der Waals surface area (Å²) in [6, 6.07) is 8.18. The molecule has 0 saturated heterocycles. The maximum Gasteiger partial charge on any atom is 0.315 e. The molecule has 0 aromatic heterocycles. The van der Waals surface area contributed by atoms with Crippen molar-refractivity contribution in [3.8, 4) is 0 Å². The van der Waals surface area contributed by atoms with E-state index in [1.807, 2.05) is 12.1 Å². The van der Waals surface area contributed by atoms with Crippen LogP contribution in [0.2, 0.25) is 0 Å². The van der Waals surface area contributed by atoms with E-state index in [2.05, 4.69) is 42.8 Å². The topological polar surface area (TPSA) is 58.6 Å². The molecule has 0 fully saturated rings. The Bertz CT molecular complexity index is 775. The number of ether oxygens (including phenoxy) is 1. The molecule has 1 heterocycles. The molecule has 27 heavy (non-hydrogen) atoms. The molecule has 1 aliphatic carbocycles. The van der Waals surface area contributed by atoms with Crippen molar-refractivity contribution in [2.45, 2.75) is 39.0 Å². The lowest BCUT2D eigenvalue weighted by molar-refractivity contribution is -0.144. The van der Waals surface area contributed by atoms with Gasteiger partial charge in [-0.25, -0.2) is 0 Å². The second kappa shape index (κ2) is 7.99. The lowest BCUT2D eigenvalue weighted by Gasteiger charge is -2.38. The number of benzene rings is 1. The smallest absolute Gasteiger partial charge is 0.315 e. The number of hydrogen-bond acceptors (Lipinski definition) is 5. The lowest BCUT2D eigenvalue weighted by atomic mass is 9.71. The third kappa shape index (κ3) is 3.51. The predicted octanol–water partition coefficient (Wildman–Crippen LogP) is 3.53. The Morgan fingerprint density at radius 3 is 2.48 bits per heavy atom. The average Bonchev–Trinajstić information content (AvgIpc) is 2.68. The highest BCUT2D eigenvalue weighted by Crippen LogP contribution is 2.44.